The van der Waals surface area contributed by atoms with Gasteiger partial charge in [0.1, 0.15) is 0 Å². The van der Waals surface area contributed by atoms with Crippen LogP contribution in [0.5, 0.6) is 23.0 Å². The smallest absolute Gasteiger partial charge is 0.179 e. The Bertz CT molecular complexity index is 3130. The molecule has 0 atom stereocenters. The summed E-state index contributed by atoms with van der Waals surface area (Å²) in [6.07, 6.45) is 0. The van der Waals surface area contributed by atoms with Gasteiger partial charge in [0.2, 0.25) is 0 Å². The van der Waals surface area contributed by atoms with Crippen molar-refractivity contribution in [3.05, 3.63) is 228 Å². The van der Waals surface area contributed by atoms with Crippen LogP contribution in [0.1, 0.15) is 47.2 Å². The molecule has 3 aliphatic rings. The lowest BCUT2D eigenvalue weighted by Crippen LogP contribution is -2.28. The van der Waals surface area contributed by atoms with E-state index in [0.29, 0.717) is 28.8 Å². The van der Waals surface area contributed by atoms with Crippen molar-refractivity contribution in [1.82, 2.24) is 9.97 Å². The molecule has 0 unspecified atom stereocenters. The lowest BCUT2D eigenvalue weighted by molar-refractivity contribution is 0.361. The van der Waals surface area contributed by atoms with Gasteiger partial charge in [-0.3, -0.25) is 0 Å². The summed E-state index contributed by atoms with van der Waals surface area (Å²) in [6.45, 7) is 4.61. The van der Waals surface area contributed by atoms with Gasteiger partial charge < -0.3 is 9.47 Å². The average Bonchev–Trinajstić information content (AvgIpc) is 3.74. The number of fused-ring (bicyclic) bond motifs is 9. The van der Waals surface area contributed by atoms with E-state index in [4.69, 9.17) is 19.4 Å². The monoisotopic (exact) mass is 770 g/mol. The van der Waals surface area contributed by atoms with Crippen LogP contribution in [0.25, 0.3) is 56.2 Å². The minimum absolute atomic E-state index is 0.156. The standard InChI is InChI=1S/C56H38N2O2/c1-55(2)43-26-14-12-23-39(43)40-30-29-36(33-46(40)55)54-57-47(35-17-6-3-7-18-35)34-48(58-54)42-25-16-28-49-52(42)60-53-50(59-49)32-31-45-51(53)41-24-13-15-27-44(41)56(45,37-19-8-4-9-20-37)38-21-10-5-11-22-38/h3-34H,1-2H3. The summed E-state index contributed by atoms with van der Waals surface area (Å²) in [4.78, 5) is 10.6. The Morgan fingerprint density at radius 2 is 0.983 bits per heavy atom. The van der Waals surface area contributed by atoms with Crippen LogP contribution >= 0.6 is 0 Å². The Labute approximate surface area is 349 Å². The van der Waals surface area contributed by atoms with E-state index < -0.39 is 5.41 Å². The van der Waals surface area contributed by atoms with E-state index in [1.807, 2.05) is 30.3 Å². The first-order valence-corrected chi connectivity index (χ1v) is 20.6. The minimum Gasteiger partial charge on any atom is -0.449 e. The van der Waals surface area contributed by atoms with Gasteiger partial charge in [-0.15, -0.1) is 0 Å². The molecule has 2 heterocycles. The van der Waals surface area contributed by atoms with Crippen LogP contribution in [0.2, 0.25) is 0 Å². The third kappa shape index (κ3) is 4.91. The number of hydrogen-bond donors (Lipinski definition) is 0. The molecule has 4 nitrogen and oxygen atoms in total. The summed E-state index contributed by atoms with van der Waals surface area (Å²) >= 11 is 0. The maximum absolute atomic E-state index is 7.26. The normalized spacial score (nSPS) is 14.4. The molecule has 4 heteroatoms. The van der Waals surface area contributed by atoms with Crippen molar-refractivity contribution < 1.29 is 9.47 Å². The highest BCUT2D eigenvalue weighted by molar-refractivity contribution is 5.93. The first-order chi connectivity index (χ1) is 29.5. The number of para-hydroxylation sites is 1. The minimum atomic E-state index is -0.565. The van der Waals surface area contributed by atoms with E-state index in [2.05, 4.69) is 178 Å². The lowest BCUT2D eigenvalue weighted by Gasteiger charge is -2.34. The summed E-state index contributed by atoms with van der Waals surface area (Å²) in [7, 11) is 0. The molecule has 0 N–H and O–H groups in total. The molecule has 0 amide bonds. The van der Waals surface area contributed by atoms with Crippen molar-refractivity contribution in [2.24, 2.45) is 0 Å². The third-order valence-corrected chi connectivity index (χ3v) is 12.9. The van der Waals surface area contributed by atoms with Crippen molar-refractivity contribution in [1.29, 1.82) is 0 Å². The van der Waals surface area contributed by atoms with Gasteiger partial charge in [-0.05, 0) is 80.4 Å². The summed E-state index contributed by atoms with van der Waals surface area (Å²) in [5.41, 5.74) is 15.7. The van der Waals surface area contributed by atoms with Gasteiger partial charge in [0.05, 0.1) is 16.8 Å². The summed E-state index contributed by atoms with van der Waals surface area (Å²) in [5, 5.41) is 0. The maximum atomic E-state index is 7.26. The first-order valence-electron chi connectivity index (χ1n) is 20.6. The summed E-state index contributed by atoms with van der Waals surface area (Å²) in [6, 6.07) is 68.5. The molecule has 12 rings (SSSR count). The molecular formula is C56H38N2O2. The van der Waals surface area contributed by atoms with Crippen LogP contribution in [0, 0.1) is 0 Å². The SMILES string of the molecule is CC1(C)c2ccccc2-c2ccc(-c3nc(-c4ccccc4)cc(-c4cccc5c4Oc4c(ccc6c4-c4ccccc4C6(c4ccccc4)c4ccccc4)O5)n3)cc21. The fourth-order valence-electron chi connectivity index (χ4n) is 10.1. The molecule has 0 fully saturated rings. The second-order valence-electron chi connectivity index (χ2n) is 16.4. The maximum Gasteiger partial charge on any atom is 0.179 e. The molecule has 0 spiro atoms. The van der Waals surface area contributed by atoms with E-state index in [1.54, 1.807) is 0 Å². The molecule has 1 aromatic heterocycles. The van der Waals surface area contributed by atoms with Crippen LogP contribution in [0.3, 0.4) is 0 Å². The highest BCUT2D eigenvalue weighted by atomic mass is 16.6. The van der Waals surface area contributed by atoms with Gasteiger partial charge in [0, 0.05) is 27.7 Å². The third-order valence-electron chi connectivity index (χ3n) is 12.9. The van der Waals surface area contributed by atoms with E-state index >= 15 is 0 Å². The van der Waals surface area contributed by atoms with Crippen LogP contribution in [-0.4, -0.2) is 9.97 Å². The Balaban J connectivity index is 1.04. The molecule has 0 radical (unpaired) electrons. The predicted molar refractivity (Wildman–Crippen MR) is 240 cm³/mol. The topological polar surface area (TPSA) is 44.2 Å². The highest BCUT2D eigenvalue weighted by Crippen LogP contribution is 2.63. The molecule has 9 aromatic rings. The molecule has 60 heavy (non-hydrogen) atoms. The van der Waals surface area contributed by atoms with Gasteiger partial charge >= 0.3 is 0 Å². The van der Waals surface area contributed by atoms with E-state index in [-0.39, 0.29) is 5.41 Å². The zero-order valence-corrected chi connectivity index (χ0v) is 33.2. The fourth-order valence-corrected chi connectivity index (χ4v) is 10.1. The van der Waals surface area contributed by atoms with Crippen molar-refractivity contribution in [2.45, 2.75) is 24.7 Å². The zero-order valence-electron chi connectivity index (χ0n) is 33.2. The van der Waals surface area contributed by atoms with Crippen molar-refractivity contribution in [2.75, 3.05) is 0 Å². The highest BCUT2D eigenvalue weighted by Gasteiger charge is 2.48. The van der Waals surface area contributed by atoms with Crippen LogP contribution in [0.4, 0.5) is 0 Å². The van der Waals surface area contributed by atoms with Crippen molar-refractivity contribution in [3.8, 4) is 79.2 Å². The predicted octanol–water partition coefficient (Wildman–Crippen LogP) is 14.0. The van der Waals surface area contributed by atoms with Gasteiger partial charge in [-0.2, -0.15) is 0 Å². The largest absolute Gasteiger partial charge is 0.449 e. The van der Waals surface area contributed by atoms with Gasteiger partial charge in [0.25, 0.3) is 0 Å². The van der Waals surface area contributed by atoms with Gasteiger partial charge in [-0.25, -0.2) is 9.97 Å². The fraction of sp³-hybridized carbons (Fsp3) is 0.0714. The van der Waals surface area contributed by atoms with E-state index in [0.717, 1.165) is 44.8 Å². The molecule has 8 aromatic carbocycles. The average molecular weight is 771 g/mol. The summed E-state index contributed by atoms with van der Waals surface area (Å²) < 4.78 is 14.1. The Morgan fingerprint density at radius 3 is 1.73 bits per heavy atom. The number of hydrogen-bond acceptors (Lipinski definition) is 4. The Morgan fingerprint density at radius 1 is 0.383 bits per heavy atom. The summed E-state index contributed by atoms with van der Waals surface area (Å²) in [5.74, 6) is 3.30. The van der Waals surface area contributed by atoms with Crippen molar-refractivity contribution in [3.63, 3.8) is 0 Å². The quantitative estimate of drug-likeness (QED) is 0.175. The Kier molecular flexibility index (Phi) is 7.45. The molecule has 0 saturated carbocycles. The van der Waals surface area contributed by atoms with Crippen LogP contribution in [0.15, 0.2) is 194 Å². The van der Waals surface area contributed by atoms with E-state index in [1.165, 1.54) is 38.9 Å². The first kappa shape index (κ1) is 34.5. The molecule has 0 bridgehead atoms. The molecule has 284 valence electrons. The molecule has 2 aliphatic carbocycles. The Hall–Kier alpha value is -7.56. The zero-order chi connectivity index (χ0) is 40.0. The van der Waals surface area contributed by atoms with Crippen LogP contribution in [-0.2, 0) is 10.8 Å². The lowest BCUT2D eigenvalue weighted by atomic mass is 9.68. The van der Waals surface area contributed by atoms with Gasteiger partial charge in [-0.1, -0.05) is 178 Å². The van der Waals surface area contributed by atoms with Crippen LogP contribution < -0.4 is 9.47 Å². The van der Waals surface area contributed by atoms with Gasteiger partial charge in [0.15, 0.2) is 28.8 Å². The number of ether oxygens (including phenoxy) is 2. The number of nitrogens with zero attached hydrogens (tertiary/aromatic N) is 2. The number of aromatic nitrogens is 2. The second kappa shape index (κ2) is 13.0. The van der Waals surface area contributed by atoms with E-state index in [9.17, 15) is 0 Å². The molecule has 0 saturated heterocycles. The molecular weight excluding hydrogens is 733 g/mol. The van der Waals surface area contributed by atoms with Crippen molar-refractivity contribution >= 4 is 0 Å². The number of rotatable bonds is 5. The second-order valence-corrected chi connectivity index (χ2v) is 16.4. The number of benzene rings is 8. The molecule has 1 aliphatic heterocycles.